The van der Waals surface area contributed by atoms with Crippen LogP contribution < -0.4 is 14.9 Å². The van der Waals surface area contributed by atoms with Gasteiger partial charge in [0.05, 0.1) is 34.6 Å². The molecule has 0 fully saturated rings. The van der Waals surface area contributed by atoms with Crippen LogP contribution in [-0.4, -0.2) is 26.9 Å². The van der Waals surface area contributed by atoms with Crippen molar-refractivity contribution in [2.45, 2.75) is 26.8 Å². The second-order valence-corrected chi connectivity index (χ2v) is 8.17. The van der Waals surface area contributed by atoms with Crippen LogP contribution in [0.3, 0.4) is 0 Å². The van der Waals surface area contributed by atoms with Gasteiger partial charge in [0.2, 0.25) is 0 Å². The van der Waals surface area contributed by atoms with Gasteiger partial charge < -0.3 is 4.74 Å². The summed E-state index contributed by atoms with van der Waals surface area (Å²) in [6.45, 7) is 5.54. The Balaban J connectivity index is 1.97. The number of esters is 1. The SMILES string of the molecule is CCOC(=O)C1=C(C)N=c2s/c(=C/c3cnn(C)c3C)c(=O)n2C1c1ccc(F)cc1. The lowest BCUT2D eigenvalue weighted by molar-refractivity contribution is -0.139. The van der Waals surface area contributed by atoms with E-state index in [9.17, 15) is 14.0 Å². The average Bonchev–Trinajstić information content (AvgIpc) is 3.21. The quantitative estimate of drug-likeness (QED) is 0.582. The molecule has 2 aromatic heterocycles. The largest absolute Gasteiger partial charge is 0.463 e. The van der Waals surface area contributed by atoms with Crippen LogP contribution in [0.2, 0.25) is 0 Å². The van der Waals surface area contributed by atoms with Crippen LogP contribution >= 0.6 is 11.3 Å². The van der Waals surface area contributed by atoms with Crippen molar-refractivity contribution < 1.29 is 13.9 Å². The number of nitrogens with zero attached hydrogens (tertiary/aromatic N) is 4. The van der Waals surface area contributed by atoms with Gasteiger partial charge >= 0.3 is 5.97 Å². The minimum Gasteiger partial charge on any atom is -0.463 e. The molecule has 1 atom stereocenters. The fraction of sp³-hybridized carbons (Fsp3) is 0.273. The van der Waals surface area contributed by atoms with E-state index in [4.69, 9.17) is 4.74 Å². The maximum atomic E-state index is 13.6. The molecule has 7 nitrogen and oxygen atoms in total. The van der Waals surface area contributed by atoms with Crippen molar-refractivity contribution in [1.29, 1.82) is 0 Å². The number of aromatic nitrogens is 3. The number of carbonyl (C=O) groups is 1. The van der Waals surface area contributed by atoms with Gasteiger partial charge in [-0.1, -0.05) is 23.5 Å². The molecule has 1 unspecified atom stereocenters. The predicted molar refractivity (Wildman–Crippen MR) is 115 cm³/mol. The van der Waals surface area contributed by atoms with Crippen molar-refractivity contribution in [3.05, 3.63) is 84.1 Å². The van der Waals surface area contributed by atoms with Gasteiger partial charge in [-0.15, -0.1) is 0 Å². The molecule has 3 heterocycles. The van der Waals surface area contributed by atoms with Gasteiger partial charge in [0, 0.05) is 18.3 Å². The van der Waals surface area contributed by atoms with Gasteiger partial charge in [-0.3, -0.25) is 14.0 Å². The number of halogens is 1. The number of allylic oxidation sites excluding steroid dienone is 1. The van der Waals surface area contributed by atoms with Crippen LogP contribution in [0, 0.1) is 12.7 Å². The van der Waals surface area contributed by atoms with E-state index in [2.05, 4.69) is 10.1 Å². The molecular weight excluding hydrogens is 419 g/mol. The van der Waals surface area contributed by atoms with Gasteiger partial charge in [0.15, 0.2) is 4.80 Å². The molecular formula is C22H21FN4O3S. The summed E-state index contributed by atoms with van der Waals surface area (Å²) < 4.78 is 22.5. The third-order valence-corrected chi connectivity index (χ3v) is 6.25. The molecule has 0 N–H and O–H groups in total. The van der Waals surface area contributed by atoms with E-state index in [0.29, 0.717) is 20.6 Å². The fourth-order valence-corrected chi connectivity index (χ4v) is 4.59. The topological polar surface area (TPSA) is 78.5 Å². The zero-order chi connectivity index (χ0) is 22.3. The molecule has 160 valence electrons. The van der Waals surface area contributed by atoms with Crippen molar-refractivity contribution >= 4 is 23.4 Å². The van der Waals surface area contributed by atoms with Crippen LogP contribution in [0.15, 0.2) is 51.5 Å². The van der Waals surface area contributed by atoms with Crippen molar-refractivity contribution in [3.63, 3.8) is 0 Å². The summed E-state index contributed by atoms with van der Waals surface area (Å²) in [4.78, 5) is 31.2. The Kier molecular flexibility index (Phi) is 5.45. The first-order valence-corrected chi connectivity index (χ1v) is 10.6. The lowest BCUT2D eigenvalue weighted by atomic mass is 9.96. The molecule has 0 saturated heterocycles. The number of hydrogen-bond acceptors (Lipinski definition) is 6. The van der Waals surface area contributed by atoms with Crippen molar-refractivity contribution in [2.24, 2.45) is 12.0 Å². The van der Waals surface area contributed by atoms with E-state index in [0.717, 1.165) is 11.3 Å². The van der Waals surface area contributed by atoms with Gasteiger partial charge in [-0.05, 0) is 44.5 Å². The number of hydrogen-bond donors (Lipinski definition) is 0. The molecule has 0 amide bonds. The van der Waals surface area contributed by atoms with E-state index in [1.807, 2.05) is 14.0 Å². The molecule has 3 aromatic rings. The third-order valence-electron chi connectivity index (χ3n) is 5.26. The van der Waals surface area contributed by atoms with E-state index in [1.165, 1.54) is 28.0 Å². The van der Waals surface area contributed by atoms with Crippen LogP contribution in [0.1, 0.15) is 36.7 Å². The highest BCUT2D eigenvalue weighted by Gasteiger charge is 2.33. The Morgan fingerprint density at radius 3 is 2.61 bits per heavy atom. The normalized spacial score (nSPS) is 16.3. The van der Waals surface area contributed by atoms with E-state index < -0.39 is 17.8 Å². The fourth-order valence-electron chi connectivity index (χ4n) is 3.55. The second-order valence-electron chi connectivity index (χ2n) is 7.16. The summed E-state index contributed by atoms with van der Waals surface area (Å²) in [6, 6.07) is 5.00. The second kappa shape index (κ2) is 8.07. The molecule has 9 heteroatoms. The molecule has 0 radical (unpaired) electrons. The summed E-state index contributed by atoms with van der Waals surface area (Å²) in [5.41, 5.74) is 2.81. The average molecular weight is 441 g/mol. The van der Waals surface area contributed by atoms with Crippen LogP contribution in [0.4, 0.5) is 4.39 Å². The Morgan fingerprint density at radius 2 is 2.00 bits per heavy atom. The number of benzene rings is 1. The molecule has 0 bridgehead atoms. The number of fused-ring (bicyclic) bond motifs is 1. The van der Waals surface area contributed by atoms with Crippen LogP contribution in [0.25, 0.3) is 6.08 Å². The predicted octanol–water partition coefficient (Wildman–Crippen LogP) is 1.98. The molecule has 31 heavy (non-hydrogen) atoms. The Bertz CT molecular complexity index is 1380. The van der Waals surface area contributed by atoms with Crippen molar-refractivity contribution in [1.82, 2.24) is 14.3 Å². The molecule has 4 rings (SSSR count). The lowest BCUT2D eigenvalue weighted by Gasteiger charge is -2.24. The van der Waals surface area contributed by atoms with Crippen LogP contribution in [-0.2, 0) is 16.6 Å². The van der Waals surface area contributed by atoms with Gasteiger partial charge in [-0.25, -0.2) is 14.2 Å². The number of carbonyl (C=O) groups excluding carboxylic acids is 1. The molecule has 0 spiro atoms. The standard InChI is InChI=1S/C22H21FN4O3S/c1-5-30-21(29)18-12(2)25-22-27(19(18)14-6-8-16(23)9-7-14)20(28)17(31-22)10-15-11-24-26(4)13(15)3/h6-11,19H,5H2,1-4H3/b17-10+. The monoisotopic (exact) mass is 440 g/mol. The first kappa shape index (κ1) is 20.9. The van der Waals surface area contributed by atoms with E-state index in [1.54, 1.807) is 42.9 Å². The highest BCUT2D eigenvalue weighted by molar-refractivity contribution is 7.07. The minimum absolute atomic E-state index is 0.191. The number of rotatable bonds is 4. The maximum absolute atomic E-state index is 13.6. The van der Waals surface area contributed by atoms with E-state index in [-0.39, 0.29) is 17.7 Å². The Hall–Kier alpha value is -3.33. The summed E-state index contributed by atoms with van der Waals surface area (Å²) >= 11 is 1.24. The molecule has 1 aliphatic rings. The Labute approximate surface area is 181 Å². The summed E-state index contributed by atoms with van der Waals surface area (Å²) in [6.07, 6.45) is 3.47. The molecule has 1 aromatic carbocycles. The van der Waals surface area contributed by atoms with Gasteiger partial charge in [0.25, 0.3) is 5.56 Å². The first-order chi connectivity index (χ1) is 14.8. The number of thiazole rings is 1. The smallest absolute Gasteiger partial charge is 0.338 e. The highest BCUT2D eigenvalue weighted by Crippen LogP contribution is 2.30. The Morgan fingerprint density at radius 1 is 1.29 bits per heavy atom. The van der Waals surface area contributed by atoms with Crippen molar-refractivity contribution in [3.8, 4) is 0 Å². The van der Waals surface area contributed by atoms with Crippen molar-refractivity contribution in [2.75, 3.05) is 6.61 Å². The maximum Gasteiger partial charge on any atom is 0.338 e. The zero-order valence-electron chi connectivity index (χ0n) is 17.5. The minimum atomic E-state index is -0.756. The summed E-state index contributed by atoms with van der Waals surface area (Å²) in [7, 11) is 1.83. The first-order valence-electron chi connectivity index (χ1n) is 9.75. The number of aryl methyl sites for hydroxylation is 1. The molecule has 1 aliphatic heterocycles. The lowest BCUT2D eigenvalue weighted by Crippen LogP contribution is -2.39. The third kappa shape index (κ3) is 3.65. The summed E-state index contributed by atoms with van der Waals surface area (Å²) in [5.74, 6) is -0.947. The van der Waals surface area contributed by atoms with E-state index >= 15 is 0 Å². The molecule has 0 saturated carbocycles. The molecule has 0 aliphatic carbocycles. The van der Waals surface area contributed by atoms with Crippen LogP contribution in [0.5, 0.6) is 0 Å². The highest BCUT2D eigenvalue weighted by atomic mass is 32.1. The van der Waals surface area contributed by atoms with Gasteiger partial charge in [-0.2, -0.15) is 5.10 Å². The zero-order valence-corrected chi connectivity index (χ0v) is 18.4. The van der Waals surface area contributed by atoms with Gasteiger partial charge in [0.1, 0.15) is 5.82 Å². The number of ether oxygens (including phenoxy) is 1. The summed E-state index contributed by atoms with van der Waals surface area (Å²) in [5, 5.41) is 4.22.